The number of nitrogens with zero attached hydrogens (tertiary/aromatic N) is 1. The van der Waals surface area contributed by atoms with Gasteiger partial charge in [0.05, 0.1) is 12.3 Å². The van der Waals surface area contributed by atoms with Crippen LogP contribution in [-0.4, -0.2) is 39.8 Å². The van der Waals surface area contributed by atoms with Crippen molar-refractivity contribution < 1.29 is 8.42 Å². The summed E-state index contributed by atoms with van der Waals surface area (Å²) >= 11 is 0. The Kier molecular flexibility index (Phi) is 7.71. The van der Waals surface area contributed by atoms with Gasteiger partial charge in [-0.3, -0.25) is 0 Å². The first-order chi connectivity index (χ1) is 12.0. The van der Waals surface area contributed by atoms with Gasteiger partial charge in [-0.2, -0.15) is 0 Å². The van der Waals surface area contributed by atoms with Crippen molar-refractivity contribution in [3.63, 3.8) is 0 Å². The number of hydrogen-bond acceptors (Lipinski definition) is 3. The molecule has 1 aromatic carbocycles. The first-order valence-electron chi connectivity index (χ1n) is 9.03. The maximum absolute atomic E-state index is 12.0. The van der Waals surface area contributed by atoms with Gasteiger partial charge < -0.3 is 10.6 Å². The van der Waals surface area contributed by atoms with Gasteiger partial charge in [-0.1, -0.05) is 36.2 Å². The van der Waals surface area contributed by atoms with Gasteiger partial charge in [0.25, 0.3) is 0 Å². The second-order valence-corrected chi connectivity index (χ2v) is 8.50. The summed E-state index contributed by atoms with van der Waals surface area (Å²) in [6, 6.07) is 8.20. The maximum atomic E-state index is 12.0. The van der Waals surface area contributed by atoms with E-state index in [1.165, 1.54) is 12.0 Å². The van der Waals surface area contributed by atoms with Gasteiger partial charge in [0.15, 0.2) is 5.96 Å². The summed E-state index contributed by atoms with van der Waals surface area (Å²) < 4.78 is 26.7. The zero-order chi connectivity index (χ0) is 18.1. The molecule has 0 amide bonds. The number of guanidine groups is 1. The molecule has 0 aromatic heterocycles. The molecular formula is C18H30N4O2S. The van der Waals surface area contributed by atoms with E-state index in [2.05, 4.69) is 39.4 Å². The summed E-state index contributed by atoms with van der Waals surface area (Å²) in [7, 11) is -3.23. The van der Waals surface area contributed by atoms with Gasteiger partial charge >= 0.3 is 0 Å². The summed E-state index contributed by atoms with van der Waals surface area (Å²) in [6.45, 7) is 6.23. The molecular weight excluding hydrogens is 336 g/mol. The Morgan fingerprint density at radius 2 is 2.08 bits per heavy atom. The van der Waals surface area contributed by atoms with Crippen molar-refractivity contribution >= 4 is 16.0 Å². The maximum Gasteiger partial charge on any atom is 0.213 e. The van der Waals surface area contributed by atoms with Gasteiger partial charge in [-0.15, -0.1) is 0 Å². The van der Waals surface area contributed by atoms with E-state index in [0.29, 0.717) is 31.5 Å². The lowest BCUT2D eigenvalue weighted by Crippen LogP contribution is -2.42. The molecule has 7 heteroatoms. The van der Waals surface area contributed by atoms with E-state index < -0.39 is 10.0 Å². The van der Waals surface area contributed by atoms with E-state index in [-0.39, 0.29) is 5.75 Å². The minimum atomic E-state index is -3.23. The Morgan fingerprint density at radius 3 is 2.72 bits per heavy atom. The summed E-state index contributed by atoms with van der Waals surface area (Å²) in [6.07, 6.45) is 3.49. The second kappa shape index (κ2) is 9.77. The molecule has 25 heavy (non-hydrogen) atoms. The molecule has 6 nitrogen and oxygen atoms in total. The number of sulfonamides is 1. The van der Waals surface area contributed by atoms with Crippen molar-refractivity contribution in [2.45, 2.75) is 39.7 Å². The first-order valence-corrected chi connectivity index (χ1v) is 10.7. The van der Waals surface area contributed by atoms with Crippen LogP contribution in [0.3, 0.4) is 0 Å². The predicted octanol–water partition coefficient (Wildman–Crippen LogP) is 1.77. The SMILES string of the molecule is CCNC(=NCc1cccc(C)c1)NCCS(=O)(=O)NCC1CCC1. The number of benzene rings is 1. The molecule has 1 aliphatic carbocycles. The standard InChI is InChI=1S/C18H30N4O2S/c1-3-19-18(21-13-17-9-4-6-15(2)12-17)20-10-11-25(23,24)22-14-16-7-5-8-16/h4,6,9,12,16,22H,3,5,7-8,10-11,13-14H2,1-2H3,(H2,19,20,21). The fraction of sp³-hybridized carbons (Fsp3) is 0.611. The highest BCUT2D eigenvalue weighted by Gasteiger charge is 2.19. The molecule has 1 aromatic rings. The van der Waals surface area contributed by atoms with Crippen LogP contribution in [0.5, 0.6) is 0 Å². The van der Waals surface area contributed by atoms with Crippen LogP contribution in [0, 0.1) is 12.8 Å². The lowest BCUT2D eigenvalue weighted by atomic mass is 9.86. The monoisotopic (exact) mass is 366 g/mol. The highest BCUT2D eigenvalue weighted by molar-refractivity contribution is 7.89. The van der Waals surface area contributed by atoms with Crippen LogP contribution in [-0.2, 0) is 16.6 Å². The Morgan fingerprint density at radius 1 is 1.28 bits per heavy atom. The topological polar surface area (TPSA) is 82.6 Å². The van der Waals surface area contributed by atoms with Crippen LogP contribution in [0.15, 0.2) is 29.3 Å². The third-order valence-electron chi connectivity index (χ3n) is 4.33. The molecule has 0 bridgehead atoms. The van der Waals surface area contributed by atoms with Gasteiger partial charge in [-0.05, 0) is 38.2 Å². The second-order valence-electron chi connectivity index (χ2n) is 6.58. The minimum absolute atomic E-state index is 0.0502. The molecule has 0 atom stereocenters. The first kappa shape index (κ1) is 19.7. The van der Waals surface area contributed by atoms with E-state index in [9.17, 15) is 8.42 Å². The van der Waals surface area contributed by atoms with E-state index in [1.807, 2.05) is 19.1 Å². The highest BCUT2D eigenvalue weighted by atomic mass is 32.2. The summed E-state index contributed by atoms with van der Waals surface area (Å²) in [5.41, 5.74) is 2.33. The molecule has 2 rings (SSSR count). The smallest absolute Gasteiger partial charge is 0.213 e. The largest absolute Gasteiger partial charge is 0.357 e. The van der Waals surface area contributed by atoms with Crippen molar-refractivity contribution in [3.8, 4) is 0 Å². The minimum Gasteiger partial charge on any atom is -0.357 e. The fourth-order valence-electron chi connectivity index (χ4n) is 2.64. The quantitative estimate of drug-likeness (QED) is 0.459. The summed E-state index contributed by atoms with van der Waals surface area (Å²) in [5, 5.41) is 6.24. The Balaban J connectivity index is 1.78. The van der Waals surface area contributed by atoms with E-state index in [1.54, 1.807) is 0 Å². The van der Waals surface area contributed by atoms with Crippen LogP contribution in [0.2, 0.25) is 0 Å². The lowest BCUT2D eigenvalue weighted by Gasteiger charge is -2.25. The number of aryl methyl sites for hydroxylation is 1. The molecule has 1 saturated carbocycles. The van der Waals surface area contributed by atoms with Crippen LogP contribution >= 0.6 is 0 Å². The molecule has 0 heterocycles. The van der Waals surface area contributed by atoms with Gasteiger partial charge in [0.1, 0.15) is 0 Å². The van der Waals surface area contributed by atoms with Gasteiger partial charge in [0, 0.05) is 19.6 Å². The average molecular weight is 367 g/mol. The van der Waals surface area contributed by atoms with Gasteiger partial charge in [-0.25, -0.2) is 18.1 Å². The molecule has 0 aliphatic heterocycles. The van der Waals surface area contributed by atoms with Crippen molar-refractivity contribution in [2.24, 2.45) is 10.9 Å². The predicted molar refractivity (Wildman–Crippen MR) is 103 cm³/mol. The molecule has 1 fully saturated rings. The van der Waals surface area contributed by atoms with Gasteiger partial charge in [0.2, 0.25) is 10.0 Å². The molecule has 0 spiro atoms. The normalized spacial score (nSPS) is 15.7. The molecule has 1 aliphatic rings. The molecule has 0 saturated heterocycles. The van der Waals surface area contributed by atoms with Crippen LogP contribution in [0.1, 0.15) is 37.3 Å². The fourth-order valence-corrected chi connectivity index (χ4v) is 3.65. The molecule has 0 unspecified atom stereocenters. The Hall–Kier alpha value is -1.60. The average Bonchev–Trinajstić information content (AvgIpc) is 2.51. The number of nitrogens with one attached hydrogen (secondary N) is 3. The van der Waals surface area contributed by atoms with E-state index in [0.717, 1.165) is 24.9 Å². The van der Waals surface area contributed by atoms with Crippen LogP contribution in [0.25, 0.3) is 0 Å². The van der Waals surface area contributed by atoms with Crippen molar-refractivity contribution in [1.29, 1.82) is 0 Å². The van der Waals surface area contributed by atoms with E-state index in [4.69, 9.17) is 0 Å². The molecule has 3 N–H and O–H groups in total. The van der Waals surface area contributed by atoms with Crippen LogP contribution in [0.4, 0.5) is 0 Å². The van der Waals surface area contributed by atoms with Crippen molar-refractivity contribution in [1.82, 2.24) is 15.4 Å². The zero-order valence-corrected chi connectivity index (χ0v) is 16.0. The lowest BCUT2D eigenvalue weighted by molar-refractivity contribution is 0.316. The Labute approximate surface area is 151 Å². The summed E-state index contributed by atoms with van der Waals surface area (Å²) in [4.78, 5) is 4.52. The van der Waals surface area contributed by atoms with E-state index >= 15 is 0 Å². The van der Waals surface area contributed by atoms with Crippen molar-refractivity contribution in [3.05, 3.63) is 35.4 Å². The van der Waals surface area contributed by atoms with Crippen molar-refractivity contribution in [2.75, 3.05) is 25.4 Å². The Bertz CT molecular complexity index is 669. The number of rotatable bonds is 9. The molecule has 0 radical (unpaired) electrons. The van der Waals surface area contributed by atoms with Crippen LogP contribution < -0.4 is 15.4 Å². The molecule has 140 valence electrons. The highest BCUT2D eigenvalue weighted by Crippen LogP contribution is 2.25. The zero-order valence-electron chi connectivity index (χ0n) is 15.2. The third kappa shape index (κ3) is 7.44. The summed E-state index contributed by atoms with van der Waals surface area (Å²) in [5.74, 6) is 1.21. The third-order valence-corrected chi connectivity index (χ3v) is 5.67. The number of hydrogen-bond donors (Lipinski definition) is 3. The number of aliphatic imine (C=N–C) groups is 1.